The molecule has 5 N–H and O–H groups in total. The number of aromatic amines is 1. The van der Waals surface area contributed by atoms with Gasteiger partial charge in [0.25, 0.3) is 0 Å². The SMILES string of the molecule is CCCN1CCc2cc(O)c(O)c3c2C1Cc1c[nH]cc1-3.O=C(O)/C=C\C(=O)O. The van der Waals surface area contributed by atoms with Crippen molar-refractivity contribution in [1.82, 2.24) is 9.88 Å². The van der Waals surface area contributed by atoms with Crippen LogP contribution in [-0.2, 0) is 22.4 Å². The summed E-state index contributed by atoms with van der Waals surface area (Å²) >= 11 is 0. The second kappa shape index (κ2) is 8.40. The maximum absolute atomic E-state index is 10.4. The van der Waals surface area contributed by atoms with Crippen LogP contribution in [0, 0.1) is 0 Å². The third-order valence-electron chi connectivity index (χ3n) is 5.24. The predicted molar refractivity (Wildman–Crippen MR) is 106 cm³/mol. The van der Waals surface area contributed by atoms with Gasteiger partial charge in [-0.3, -0.25) is 4.90 Å². The predicted octanol–water partition coefficient (Wildman–Crippen LogP) is 2.67. The molecule has 0 spiro atoms. The molecule has 8 heteroatoms. The fourth-order valence-electron chi connectivity index (χ4n) is 4.12. The van der Waals surface area contributed by atoms with Gasteiger partial charge in [-0.15, -0.1) is 0 Å². The summed E-state index contributed by atoms with van der Waals surface area (Å²) in [5.41, 5.74) is 5.50. The first-order valence-electron chi connectivity index (χ1n) is 9.45. The van der Waals surface area contributed by atoms with Crippen LogP contribution in [0.25, 0.3) is 11.1 Å². The standard InChI is InChI=1S/C17H20N2O2.C4H4O4/c1-2-4-19-5-3-10-7-14(20)17(21)16-12-9-18-8-11(12)6-13(19)15(10)16;5-3(6)1-2-4(7)8/h7-9,13,18,20-21H,2-6H2,1H3;1-2H,(H,5,6)(H,7,8)/b;2-1-. The van der Waals surface area contributed by atoms with Crippen LogP contribution in [0.3, 0.4) is 0 Å². The fraction of sp³-hybridized carbons (Fsp3) is 0.333. The molecule has 0 fully saturated rings. The molecule has 2 aliphatic rings. The zero-order chi connectivity index (χ0) is 21.1. The van der Waals surface area contributed by atoms with E-state index in [-0.39, 0.29) is 11.5 Å². The second-order valence-electron chi connectivity index (χ2n) is 7.10. The topological polar surface area (TPSA) is 134 Å². The van der Waals surface area contributed by atoms with Crippen molar-refractivity contribution in [2.75, 3.05) is 13.1 Å². The lowest BCUT2D eigenvalue weighted by atomic mass is 9.78. The highest BCUT2D eigenvalue weighted by Crippen LogP contribution is 2.51. The molecule has 4 rings (SSSR count). The van der Waals surface area contributed by atoms with Crippen LogP contribution in [0.2, 0.25) is 0 Å². The van der Waals surface area contributed by atoms with Crippen molar-refractivity contribution < 1.29 is 30.0 Å². The van der Waals surface area contributed by atoms with Crippen LogP contribution in [-0.4, -0.2) is 55.3 Å². The number of hydrogen-bond acceptors (Lipinski definition) is 5. The molecule has 154 valence electrons. The van der Waals surface area contributed by atoms with Crippen LogP contribution in [0.1, 0.15) is 36.1 Å². The Morgan fingerprint density at radius 2 is 1.86 bits per heavy atom. The van der Waals surface area contributed by atoms with Crippen molar-refractivity contribution in [1.29, 1.82) is 0 Å². The van der Waals surface area contributed by atoms with Crippen LogP contribution < -0.4 is 0 Å². The molecular formula is C21H24N2O6. The molecule has 2 aromatic rings. The average Bonchev–Trinajstić information content (AvgIpc) is 3.14. The number of phenols is 2. The van der Waals surface area contributed by atoms with E-state index in [1.807, 2.05) is 12.4 Å². The Kier molecular flexibility index (Phi) is 5.93. The Morgan fingerprint density at radius 3 is 2.48 bits per heavy atom. The number of carbonyl (C=O) groups is 2. The van der Waals surface area contributed by atoms with E-state index in [1.165, 1.54) is 16.7 Å². The Hall–Kier alpha value is -3.26. The highest BCUT2D eigenvalue weighted by molar-refractivity contribution is 5.89. The number of rotatable bonds is 4. The summed E-state index contributed by atoms with van der Waals surface area (Å²) in [6, 6.07) is 2.07. The van der Waals surface area contributed by atoms with Crippen LogP contribution in [0.15, 0.2) is 30.6 Å². The first-order chi connectivity index (χ1) is 13.8. The van der Waals surface area contributed by atoms with Crippen molar-refractivity contribution in [2.24, 2.45) is 0 Å². The number of carboxylic acids is 2. The smallest absolute Gasteiger partial charge is 0.328 e. The fourth-order valence-corrected chi connectivity index (χ4v) is 4.12. The van der Waals surface area contributed by atoms with Gasteiger partial charge in [0.15, 0.2) is 11.5 Å². The molecule has 8 nitrogen and oxygen atoms in total. The van der Waals surface area contributed by atoms with Gasteiger partial charge in [-0.05, 0) is 48.6 Å². The second-order valence-corrected chi connectivity index (χ2v) is 7.10. The summed E-state index contributed by atoms with van der Waals surface area (Å²) in [6.07, 6.45) is 8.10. The van der Waals surface area contributed by atoms with E-state index in [9.17, 15) is 19.8 Å². The lowest BCUT2D eigenvalue weighted by molar-refractivity contribution is -0.134. The minimum atomic E-state index is -1.26. The monoisotopic (exact) mass is 400 g/mol. The van der Waals surface area contributed by atoms with Gasteiger partial charge in [0.05, 0.1) is 0 Å². The largest absolute Gasteiger partial charge is 0.504 e. The van der Waals surface area contributed by atoms with Crippen LogP contribution in [0.4, 0.5) is 0 Å². The number of nitrogens with zero attached hydrogens (tertiary/aromatic N) is 1. The maximum Gasteiger partial charge on any atom is 0.328 e. The number of fused-ring (bicyclic) bond motifs is 2. The molecule has 1 atom stereocenters. The summed E-state index contributed by atoms with van der Waals surface area (Å²) in [5, 5.41) is 36.1. The molecular weight excluding hydrogens is 376 g/mol. The third kappa shape index (κ3) is 4.12. The normalized spacial score (nSPS) is 17.2. The molecule has 0 bridgehead atoms. The molecule has 29 heavy (non-hydrogen) atoms. The van der Waals surface area contributed by atoms with Gasteiger partial charge in [-0.1, -0.05) is 6.92 Å². The lowest BCUT2D eigenvalue weighted by Gasteiger charge is -2.41. The Balaban J connectivity index is 0.000000258. The van der Waals surface area contributed by atoms with Gasteiger partial charge in [-0.2, -0.15) is 0 Å². The molecule has 1 unspecified atom stereocenters. The quantitative estimate of drug-likeness (QED) is 0.393. The zero-order valence-corrected chi connectivity index (χ0v) is 16.1. The number of aromatic nitrogens is 1. The van der Waals surface area contributed by atoms with Crippen molar-refractivity contribution in [2.45, 2.75) is 32.2 Å². The molecule has 1 aliphatic carbocycles. The van der Waals surface area contributed by atoms with Gasteiger partial charge >= 0.3 is 11.9 Å². The van der Waals surface area contributed by atoms with E-state index in [0.29, 0.717) is 18.2 Å². The average molecular weight is 400 g/mol. The first kappa shape index (κ1) is 20.5. The minimum Gasteiger partial charge on any atom is -0.504 e. The van der Waals surface area contributed by atoms with E-state index in [4.69, 9.17) is 10.2 Å². The summed E-state index contributed by atoms with van der Waals surface area (Å²) in [4.78, 5) is 24.8. The van der Waals surface area contributed by atoms with E-state index in [2.05, 4.69) is 16.8 Å². The summed E-state index contributed by atoms with van der Waals surface area (Å²) in [5.74, 6) is -2.49. The Bertz CT molecular complexity index is 946. The number of nitrogens with one attached hydrogen (secondary N) is 1. The molecule has 0 radical (unpaired) electrons. The molecule has 0 saturated carbocycles. The number of carboxylic acid groups (broad SMARTS) is 2. The molecule has 0 amide bonds. The number of phenolic OH excluding ortho intramolecular Hbond substituents is 2. The maximum atomic E-state index is 10.4. The molecule has 0 saturated heterocycles. The number of H-pyrrole nitrogens is 1. The van der Waals surface area contributed by atoms with Gasteiger partial charge in [0, 0.05) is 48.3 Å². The molecule has 1 aromatic heterocycles. The van der Waals surface area contributed by atoms with Gasteiger partial charge in [0.2, 0.25) is 0 Å². The van der Waals surface area contributed by atoms with Gasteiger partial charge < -0.3 is 25.4 Å². The van der Waals surface area contributed by atoms with Crippen molar-refractivity contribution >= 4 is 11.9 Å². The van der Waals surface area contributed by atoms with E-state index >= 15 is 0 Å². The minimum absolute atomic E-state index is 0.000455. The van der Waals surface area contributed by atoms with Gasteiger partial charge in [0.1, 0.15) is 0 Å². The molecule has 2 heterocycles. The first-order valence-corrected chi connectivity index (χ1v) is 9.45. The van der Waals surface area contributed by atoms with Crippen molar-refractivity contribution in [3.63, 3.8) is 0 Å². The van der Waals surface area contributed by atoms with E-state index < -0.39 is 11.9 Å². The summed E-state index contributed by atoms with van der Waals surface area (Å²) in [7, 11) is 0. The number of hydrogen-bond donors (Lipinski definition) is 5. The molecule has 1 aromatic carbocycles. The Morgan fingerprint density at radius 1 is 1.17 bits per heavy atom. The lowest BCUT2D eigenvalue weighted by Crippen LogP contribution is -2.38. The highest BCUT2D eigenvalue weighted by atomic mass is 16.4. The molecule has 1 aliphatic heterocycles. The van der Waals surface area contributed by atoms with Gasteiger partial charge in [-0.25, -0.2) is 9.59 Å². The zero-order valence-electron chi connectivity index (χ0n) is 16.1. The van der Waals surface area contributed by atoms with Crippen molar-refractivity contribution in [3.05, 3.63) is 47.3 Å². The van der Waals surface area contributed by atoms with E-state index in [0.717, 1.165) is 43.5 Å². The highest BCUT2D eigenvalue weighted by Gasteiger charge is 2.36. The Labute approximate surface area is 167 Å². The third-order valence-corrected chi connectivity index (χ3v) is 5.24. The van der Waals surface area contributed by atoms with Crippen LogP contribution in [0.5, 0.6) is 11.5 Å². The summed E-state index contributed by atoms with van der Waals surface area (Å²) < 4.78 is 0. The van der Waals surface area contributed by atoms with Crippen molar-refractivity contribution in [3.8, 4) is 22.6 Å². The number of benzene rings is 1. The number of aliphatic carboxylic acids is 2. The van der Waals surface area contributed by atoms with E-state index in [1.54, 1.807) is 6.07 Å². The number of aromatic hydroxyl groups is 2. The van der Waals surface area contributed by atoms with Crippen LogP contribution >= 0.6 is 0 Å². The summed E-state index contributed by atoms with van der Waals surface area (Å²) in [6.45, 7) is 4.30.